The van der Waals surface area contributed by atoms with Crippen molar-refractivity contribution in [1.82, 2.24) is 0 Å². The monoisotopic (exact) mass is 294 g/mol. The number of halogens is 9. The van der Waals surface area contributed by atoms with Gasteiger partial charge >= 0.3 is 18.0 Å². The summed E-state index contributed by atoms with van der Waals surface area (Å²) in [6, 6.07) is 0. The lowest BCUT2D eigenvalue weighted by atomic mass is 9.94. The smallest absolute Gasteiger partial charge is 0.223 e. The molecule has 0 bridgehead atoms. The van der Waals surface area contributed by atoms with Crippen LogP contribution in [-0.4, -0.2) is 29.7 Å². The Morgan fingerprint density at radius 2 is 1.06 bits per heavy atom. The Balaban J connectivity index is 5.26. The van der Waals surface area contributed by atoms with Gasteiger partial charge in [0.1, 0.15) is 0 Å². The van der Waals surface area contributed by atoms with Crippen LogP contribution in [0.1, 0.15) is 12.8 Å². The fourth-order valence-corrected chi connectivity index (χ4v) is 1.30. The molecule has 17 heavy (non-hydrogen) atoms. The molecule has 0 heterocycles. The van der Waals surface area contributed by atoms with Crippen molar-refractivity contribution in [3.63, 3.8) is 0 Å². The summed E-state index contributed by atoms with van der Waals surface area (Å²) < 4.78 is 110. The zero-order valence-corrected chi connectivity index (χ0v) is 8.86. The highest BCUT2D eigenvalue weighted by molar-refractivity contribution is 7.80. The van der Waals surface area contributed by atoms with Gasteiger partial charge in [-0.3, -0.25) is 0 Å². The van der Waals surface area contributed by atoms with E-state index < -0.39 is 42.5 Å². The lowest BCUT2D eigenvalue weighted by Gasteiger charge is -2.32. The summed E-state index contributed by atoms with van der Waals surface area (Å²) in [6.07, 6.45) is -17.3. The maximum atomic E-state index is 12.9. The van der Waals surface area contributed by atoms with Crippen LogP contribution in [0.15, 0.2) is 0 Å². The summed E-state index contributed by atoms with van der Waals surface area (Å²) in [5, 5.41) is 0. The van der Waals surface area contributed by atoms with Crippen molar-refractivity contribution in [2.75, 3.05) is 5.75 Å². The highest BCUT2D eigenvalue weighted by atomic mass is 32.1. The summed E-state index contributed by atoms with van der Waals surface area (Å²) >= 11 is 3.24. The molecular formula is C7H7F9S. The minimum absolute atomic E-state index is 0.668. The van der Waals surface area contributed by atoms with Gasteiger partial charge in [0, 0.05) is 6.42 Å². The van der Waals surface area contributed by atoms with Gasteiger partial charge in [-0.2, -0.15) is 39.0 Å². The summed E-state index contributed by atoms with van der Waals surface area (Å²) in [7, 11) is 0. The van der Waals surface area contributed by atoms with Crippen molar-refractivity contribution >= 4 is 12.6 Å². The standard InChI is InChI=1S/C7H7F9S/c8-4(9,1-2-17)3-5(10,6(11,12)13)7(14,15)16/h17H,1-3H2. The Labute approximate surface area is 95.6 Å². The Bertz CT molecular complexity index is 239. The van der Waals surface area contributed by atoms with Crippen molar-refractivity contribution in [2.24, 2.45) is 0 Å². The largest absolute Gasteiger partial charge is 0.431 e. The summed E-state index contributed by atoms with van der Waals surface area (Å²) in [5.74, 6) is -5.11. The first-order chi connectivity index (χ1) is 7.27. The minimum atomic E-state index is -6.45. The molecule has 0 fully saturated rings. The second-order valence-electron chi connectivity index (χ2n) is 3.30. The number of rotatable bonds is 4. The van der Waals surface area contributed by atoms with E-state index in [4.69, 9.17) is 0 Å². The van der Waals surface area contributed by atoms with Crippen molar-refractivity contribution in [3.8, 4) is 0 Å². The van der Waals surface area contributed by atoms with E-state index in [1.54, 1.807) is 0 Å². The number of thiol groups is 1. The van der Waals surface area contributed by atoms with Crippen LogP contribution in [0.25, 0.3) is 0 Å². The molecule has 0 nitrogen and oxygen atoms in total. The van der Waals surface area contributed by atoms with Crippen molar-refractivity contribution < 1.29 is 39.5 Å². The van der Waals surface area contributed by atoms with Crippen LogP contribution in [0.2, 0.25) is 0 Å². The minimum Gasteiger partial charge on any atom is -0.223 e. The van der Waals surface area contributed by atoms with E-state index in [1.165, 1.54) is 0 Å². The van der Waals surface area contributed by atoms with Gasteiger partial charge in [-0.15, -0.1) is 0 Å². The maximum Gasteiger partial charge on any atom is 0.431 e. The molecule has 0 aromatic heterocycles. The third-order valence-corrected chi connectivity index (χ3v) is 2.10. The quantitative estimate of drug-likeness (QED) is 0.584. The molecule has 0 N–H and O–H groups in total. The SMILES string of the molecule is FC(F)(CCS)CC(F)(C(F)(F)F)C(F)(F)F. The van der Waals surface area contributed by atoms with E-state index >= 15 is 0 Å². The van der Waals surface area contributed by atoms with Crippen LogP contribution in [0, 0.1) is 0 Å². The molecule has 0 atom stereocenters. The molecule has 0 aromatic rings. The molecule has 0 amide bonds. The molecular weight excluding hydrogens is 287 g/mol. The first-order valence-electron chi connectivity index (χ1n) is 4.08. The summed E-state index contributed by atoms with van der Waals surface area (Å²) in [5.41, 5.74) is -5.92. The molecule has 0 aliphatic heterocycles. The molecule has 0 saturated heterocycles. The molecule has 0 radical (unpaired) electrons. The van der Waals surface area contributed by atoms with Crippen molar-refractivity contribution in [1.29, 1.82) is 0 Å². The van der Waals surface area contributed by atoms with Crippen LogP contribution in [-0.2, 0) is 0 Å². The van der Waals surface area contributed by atoms with Crippen LogP contribution < -0.4 is 0 Å². The van der Waals surface area contributed by atoms with Crippen molar-refractivity contribution in [3.05, 3.63) is 0 Å². The molecule has 0 aliphatic rings. The second kappa shape index (κ2) is 4.77. The predicted molar refractivity (Wildman–Crippen MR) is 44.0 cm³/mol. The highest BCUT2D eigenvalue weighted by Gasteiger charge is 2.74. The third-order valence-electron chi connectivity index (χ3n) is 1.88. The van der Waals surface area contributed by atoms with E-state index in [2.05, 4.69) is 12.6 Å². The van der Waals surface area contributed by atoms with Gasteiger partial charge < -0.3 is 0 Å². The van der Waals surface area contributed by atoms with E-state index in [-0.39, 0.29) is 0 Å². The Hall–Kier alpha value is -0.280. The van der Waals surface area contributed by atoms with Crippen LogP contribution in [0.3, 0.4) is 0 Å². The highest BCUT2D eigenvalue weighted by Crippen LogP contribution is 2.51. The van der Waals surface area contributed by atoms with Gasteiger partial charge in [0.2, 0.25) is 0 Å². The zero-order valence-electron chi connectivity index (χ0n) is 7.97. The number of alkyl halides is 9. The fourth-order valence-electron chi connectivity index (χ4n) is 0.970. The molecule has 0 saturated carbocycles. The predicted octanol–water partition coefficient (Wildman–Crippen LogP) is 4.16. The van der Waals surface area contributed by atoms with E-state index in [9.17, 15) is 39.5 Å². The lowest BCUT2D eigenvalue weighted by Crippen LogP contribution is -2.56. The Morgan fingerprint density at radius 1 is 0.706 bits per heavy atom. The normalized spacial score (nSPS) is 15.2. The van der Waals surface area contributed by atoms with Crippen LogP contribution in [0.5, 0.6) is 0 Å². The second-order valence-corrected chi connectivity index (χ2v) is 3.75. The van der Waals surface area contributed by atoms with Gasteiger partial charge in [0.05, 0.1) is 6.42 Å². The molecule has 0 rings (SSSR count). The van der Waals surface area contributed by atoms with Gasteiger partial charge in [-0.1, -0.05) is 0 Å². The van der Waals surface area contributed by atoms with E-state index in [0.29, 0.717) is 0 Å². The first-order valence-corrected chi connectivity index (χ1v) is 4.71. The Kier molecular flexibility index (Phi) is 4.69. The topological polar surface area (TPSA) is 0 Å². The molecule has 0 aromatic carbocycles. The summed E-state index contributed by atoms with van der Waals surface area (Å²) in [4.78, 5) is 0. The molecule has 10 heteroatoms. The average molecular weight is 294 g/mol. The van der Waals surface area contributed by atoms with Gasteiger partial charge in [0.15, 0.2) is 0 Å². The molecule has 0 aliphatic carbocycles. The fraction of sp³-hybridized carbons (Fsp3) is 1.00. The maximum absolute atomic E-state index is 12.9. The Morgan fingerprint density at radius 3 is 1.29 bits per heavy atom. The van der Waals surface area contributed by atoms with Crippen LogP contribution >= 0.6 is 12.6 Å². The van der Waals surface area contributed by atoms with E-state index in [0.717, 1.165) is 0 Å². The molecule has 0 unspecified atom stereocenters. The zero-order chi connectivity index (χ0) is 14.1. The average Bonchev–Trinajstić information content (AvgIpc) is 1.97. The van der Waals surface area contributed by atoms with Gasteiger partial charge in [-0.05, 0) is 5.75 Å². The number of hydrogen-bond acceptors (Lipinski definition) is 1. The lowest BCUT2D eigenvalue weighted by molar-refractivity contribution is -0.354. The van der Waals surface area contributed by atoms with Gasteiger partial charge in [-0.25, -0.2) is 13.2 Å². The van der Waals surface area contributed by atoms with E-state index in [1.807, 2.05) is 0 Å². The van der Waals surface area contributed by atoms with Crippen LogP contribution in [0.4, 0.5) is 39.5 Å². The first kappa shape index (κ1) is 16.7. The van der Waals surface area contributed by atoms with Crippen molar-refractivity contribution in [2.45, 2.75) is 36.8 Å². The number of hydrogen-bond donors (Lipinski definition) is 1. The summed E-state index contributed by atoms with van der Waals surface area (Å²) in [6.45, 7) is 0. The molecule has 0 spiro atoms. The third kappa shape index (κ3) is 3.85. The van der Waals surface area contributed by atoms with Gasteiger partial charge in [0.25, 0.3) is 5.92 Å². The molecule has 104 valence electrons.